The molecule has 0 aromatic rings. The molecule has 0 bridgehead atoms. The van der Waals surface area contributed by atoms with E-state index in [1.54, 1.807) is 0 Å². The van der Waals surface area contributed by atoms with Crippen LogP contribution in [0.3, 0.4) is 0 Å². The lowest BCUT2D eigenvalue weighted by molar-refractivity contribution is -0.161. The second-order valence-corrected chi connectivity index (χ2v) is 35.7. The molecule has 0 aromatic heterocycles. The van der Waals surface area contributed by atoms with Crippen LogP contribution >= 0.6 is 15.6 Å². The quantitative estimate of drug-likeness (QED) is 0.0222. The van der Waals surface area contributed by atoms with Gasteiger partial charge in [0.15, 0.2) is 12.2 Å². The average molecular weight is 1560 g/mol. The third-order valence-corrected chi connectivity index (χ3v) is 22.9. The molecule has 17 nitrogen and oxygen atoms in total. The third kappa shape index (κ3) is 80.5. The van der Waals surface area contributed by atoms with Crippen LogP contribution in [0.5, 0.6) is 0 Å². The molecule has 0 aliphatic heterocycles. The smallest absolute Gasteiger partial charge is 0.462 e. The van der Waals surface area contributed by atoms with Crippen molar-refractivity contribution >= 4 is 39.5 Å². The number of unbranched alkanes of at least 4 members (excludes halogenated alkanes) is 53. The van der Waals surface area contributed by atoms with E-state index in [9.17, 15) is 43.2 Å². The lowest BCUT2D eigenvalue weighted by Crippen LogP contribution is -2.30. The van der Waals surface area contributed by atoms with Crippen molar-refractivity contribution in [2.45, 2.75) is 484 Å². The van der Waals surface area contributed by atoms with E-state index in [0.717, 1.165) is 108 Å². The molecule has 0 aliphatic carbocycles. The summed E-state index contributed by atoms with van der Waals surface area (Å²) >= 11 is 0. The zero-order valence-electron chi connectivity index (χ0n) is 70.6. The van der Waals surface area contributed by atoms with Gasteiger partial charge in [0.05, 0.1) is 26.4 Å². The Morgan fingerprint density at radius 1 is 0.271 bits per heavy atom. The predicted octanol–water partition coefficient (Wildman–Crippen LogP) is 26.9. The van der Waals surface area contributed by atoms with E-state index in [0.29, 0.717) is 25.7 Å². The van der Waals surface area contributed by atoms with Gasteiger partial charge in [0, 0.05) is 25.7 Å². The zero-order valence-corrected chi connectivity index (χ0v) is 72.4. The fourth-order valence-corrected chi connectivity index (χ4v) is 15.3. The van der Waals surface area contributed by atoms with E-state index in [2.05, 4.69) is 48.5 Å². The van der Waals surface area contributed by atoms with Gasteiger partial charge in [-0.25, -0.2) is 9.13 Å². The summed E-state index contributed by atoms with van der Waals surface area (Å²) in [6.45, 7) is 12.1. The van der Waals surface area contributed by atoms with Crippen molar-refractivity contribution < 1.29 is 80.2 Å². The second kappa shape index (κ2) is 78.0. The van der Waals surface area contributed by atoms with E-state index in [4.69, 9.17) is 37.0 Å². The van der Waals surface area contributed by atoms with Crippen LogP contribution in [0.4, 0.5) is 0 Å². The van der Waals surface area contributed by atoms with Gasteiger partial charge in [0.2, 0.25) is 0 Å². The molecular formula is C88H172O17P2. The van der Waals surface area contributed by atoms with Crippen molar-refractivity contribution in [1.82, 2.24) is 0 Å². The molecule has 0 aliphatic rings. The number of aliphatic hydroxyl groups is 1. The fourth-order valence-electron chi connectivity index (χ4n) is 13.7. The minimum Gasteiger partial charge on any atom is -0.462 e. The molecule has 0 saturated heterocycles. The molecule has 0 fully saturated rings. The van der Waals surface area contributed by atoms with Gasteiger partial charge in [-0.05, 0) is 43.4 Å². The Labute approximate surface area is 658 Å². The summed E-state index contributed by atoms with van der Waals surface area (Å²) in [5.41, 5.74) is 0. The highest BCUT2D eigenvalue weighted by Crippen LogP contribution is 2.45. The summed E-state index contributed by atoms with van der Waals surface area (Å²) in [7, 11) is -9.93. The van der Waals surface area contributed by atoms with Crippen molar-refractivity contribution in [1.29, 1.82) is 0 Å². The first-order valence-electron chi connectivity index (χ1n) is 45.4. The van der Waals surface area contributed by atoms with Gasteiger partial charge in [-0.3, -0.25) is 37.3 Å². The maximum absolute atomic E-state index is 13.2. The fraction of sp³-hybridized carbons (Fsp3) is 0.955. The minimum absolute atomic E-state index is 0.108. The summed E-state index contributed by atoms with van der Waals surface area (Å²) in [4.78, 5) is 73.3. The van der Waals surface area contributed by atoms with E-state index in [1.807, 2.05) is 0 Å². The maximum Gasteiger partial charge on any atom is 0.472 e. The number of hydrogen-bond acceptors (Lipinski definition) is 15. The molecule has 0 heterocycles. The monoisotopic (exact) mass is 1560 g/mol. The molecule has 6 atom stereocenters. The first kappa shape index (κ1) is 105. The van der Waals surface area contributed by atoms with Crippen LogP contribution in [0.2, 0.25) is 0 Å². The molecule has 0 radical (unpaired) electrons. The summed E-state index contributed by atoms with van der Waals surface area (Å²) < 4.78 is 69.0. The Balaban J connectivity index is 5.26. The van der Waals surface area contributed by atoms with Gasteiger partial charge in [-0.2, -0.15) is 0 Å². The first-order valence-corrected chi connectivity index (χ1v) is 48.4. The summed E-state index contributed by atoms with van der Waals surface area (Å²) in [6.07, 6.45) is 69.3. The van der Waals surface area contributed by atoms with Crippen molar-refractivity contribution in [3.05, 3.63) is 0 Å². The molecule has 0 spiro atoms. The van der Waals surface area contributed by atoms with Crippen LogP contribution in [0.15, 0.2) is 0 Å². The molecule has 19 heteroatoms. The summed E-state index contributed by atoms with van der Waals surface area (Å²) in [6, 6.07) is 0. The molecule has 0 rings (SSSR count). The van der Waals surface area contributed by atoms with E-state index in [-0.39, 0.29) is 25.7 Å². The number of esters is 4. The summed E-state index contributed by atoms with van der Waals surface area (Å²) in [5.74, 6) is 0.298. The highest BCUT2D eigenvalue weighted by Gasteiger charge is 2.31. The van der Waals surface area contributed by atoms with Gasteiger partial charge < -0.3 is 33.8 Å². The molecule has 636 valence electrons. The van der Waals surface area contributed by atoms with Gasteiger partial charge in [0.25, 0.3) is 0 Å². The number of carbonyl (C=O) groups excluding carboxylic acids is 4. The molecule has 0 aromatic carbocycles. The van der Waals surface area contributed by atoms with Crippen molar-refractivity contribution in [3.8, 4) is 0 Å². The van der Waals surface area contributed by atoms with Gasteiger partial charge in [-0.1, -0.05) is 414 Å². The zero-order chi connectivity index (χ0) is 78.6. The van der Waals surface area contributed by atoms with Crippen molar-refractivity contribution in [2.75, 3.05) is 39.6 Å². The van der Waals surface area contributed by atoms with Crippen LogP contribution in [-0.4, -0.2) is 96.7 Å². The molecule has 3 N–H and O–H groups in total. The normalized spacial score (nSPS) is 14.1. The van der Waals surface area contributed by atoms with Crippen LogP contribution in [-0.2, 0) is 65.4 Å². The third-order valence-electron chi connectivity index (χ3n) is 21.0. The number of phosphoric acid groups is 2. The first-order chi connectivity index (χ1) is 51.8. The van der Waals surface area contributed by atoms with Gasteiger partial charge in [0.1, 0.15) is 19.3 Å². The molecular weight excluding hydrogens is 1390 g/mol. The lowest BCUT2D eigenvalue weighted by atomic mass is 9.99. The van der Waals surface area contributed by atoms with Crippen molar-refractivity contribution in [3.63, 3.8) is 0 Å². The molecule has 3 unspecified atom stereocenters. The highest BCUT2D eigenvalue weighted by molar-refractivity contribution is 7.47. The maximum atomic E-state index is 13.2. The Kier molecular flexibility index (Phi) is 76.6. The lowest BCUT2D eigenvalue weighted by Gasteiger charge is -2.21. The standard InChI is InChI=1S/C88H172O17P2/c1-8-10-11-12-13-14-15-16-17-18-26-31-36-41-50-57-64-72-88(93)105-84(76-99-86(91)70-63-56-49-44-43-47-54-61-68-81(7)9-2)78-103-107(96,97)101-74-82(89)73-100-106(94,95)102-77-83(104-87(92)71-65-58-51-42-37-32-27-22-20-24-29-34-39-46-53-60-67-80(5)6)75-98-85(90)69-62-55-48-40-35-30-25-21-19-23-28-33-38-45-52-59-66-79(3)4/h79-84,89H,8-78H2,1-7H3,(H,94,95)(H,96,97)/t81?,82-,83-,84-/m1/s1. The number of hydrogen-bond donors (Lipinski definition) is 3. The Bertz CT molecular complexity index is 2060. The Hall–Kier alpha value is -1.94. The topological polar surface area (TPSA) is 237 Å². The SMILES string of the molecule is CCCCCCCCCCCCCCCCCCCC(=O)O[C@H](COC(=O)CCCCCCCCCCC(C)CC)COP(=O)(O)OC[C@H](O)COP(=O)(O)OC[C@@H](COC(=O)CCCCCCCCCCCCCCCCCCC(C)C)OC(=O)CCCCCCCCCCCCCCCCCCC(C)C. The van der Waals surface area contributed by atoms with E-state index < -0.39 is 97.5 Å². The van der Waals surface area contributed by atoms with Crippen LogP contribution in [0.1, 0.15) is 466 Å². The summed E-state index contributed by atoms with van der Waals surface area (Å²) in [5, 5.41) is 10.7. The Morgan fingerprint density at radius 3 is 0.710 bits per heavy atom. The van der Waals surface area contributed by atoms with Crippen molar-refractivity contribution in [2.24, 2.45) is 17.8 Å². The molecule has 107 heavy (non-hydrogen) atoms. The predicted molar refractivity (Wildman–Crippen MR) is 441 cm³/mol. The molecule has 0 saturated carbocycles. The average Bonchev–Trinajstić information content (AvgIpc) is 0.902. The highest BCUT2D eigenvalue weighted by atomic mass is 31.2. The Morgan fingerprint density at radius 2 is 0.477 bits per heavy atom. The number of aliphatic hydroxyl groups excluding tert-OH is 1. The number of phosphoric ester groups is 2. The number of rotatable bonds is 86. The largest absolute Gasteiger partial charge is 0.472 e. The van der Waals surface area contributed by atoms with E-state index in [1.165, 1.54) is 276 Å². The second-order valence-electron chi connectivity index (χ2n) is 32.8. The van der Waals surface area contributed by atoms with Gasteiger partial charge >= 0.3 is 39.5 Å². The molecule has 0 amide bonds. The van der Waals surface area contributed by atoms with Crippen LogP contribution < -0.4 is 0 Å². The minimum atomic E-state index is -4.97. The van der Waals surface area contributed by atoms with E-state index >= 15 is 0 Å². The number of ether oxygens (including phenoxy) is 4. The van der Waals surface area contributed by atoms with Crippen LogP contribution in [0, 0.1) is 17.8 Å². The van der Waals surface area contributed by atoms with Gasteiger partial charge in [-0.15, -0.1) is 0 Å². The van der Waals surface area contributed by atoms with Crippen LogP contribution in [0.25, 0.3) is 0 Å². The number of carbonyl (C=O) groups is 4.